The normalized spacial score (nSPS) is 23.0. The maximum atomic E-state index is 12.2. The van der Waals surface area contributed by atoms with E-state index in [1.807, 2.05) is 18.7 Å². The third-order valence-corrected chi connectivity index (χ3v) is 4.47. The Balaban J connectivity index is 1.63. The summed E-state index contributed by atoms with van der Waals surface area (Å²) in [7, 11) is 0. The van der Waals surface area contributed by atoms with Crippen LogP contribution in [0.4, 0.5) is 0 Å². The van der Waals surface area contributed by atoms with Crippen LogP contribution in [0.1, 0.15) is 33.1 Å². The Bertz CT molecular complexity index is 372. The fraction of sp³-hybridized carbons (Fsp3) is 0.875. The zero-order chi connectivity index (χ0) is 15.9. The van der Waals surface area contributed by atoms with E-state index in [1.165, 1.54) is 6.42 Å². The molecule has 22 heavy (non-hydrogen) atoms. The number of hydrogen-bond acceptors (Lipinski definition) is 4. The lowest BCUT2D eigenvalue weighted by Gasteiger charge is -2.34. The zero-order valence-electron chi connectivity index (χ0n) is 13.9. The molecule has 0 aliphatic carbocycles. The van der Waals surface area contributed by atoms with Gasteiger partial charge in [-0.25, -0.2) is 0 Å². The van der Waals surface area contributed by atoms with Crippen LogP contribution in [0, 0.1) is 5.92 Å². The fourth-order valence-electron chi connectivity index (χ4n) is 3.17. The van der Waals surface area contributed by atoms with Gasteiger partial charge in [-0.15, -0.1) is 0 Å². The van der Waals surface area contributed by atoms with Crippen LogP contribution in [0.5, 0.6) is 0 Å². The van der Waals surface area contributed by atoms with Crippen molar-refractivity contribution in [3.63, 3.8) is 0 Å². The molecular formula is C16H30N4O2. The molecule has 0 aromatic carbocycles. The summed E-state index contributed by atoms with van der Waals surface area (Å²) in [4.78, 5) is 28.1. The molecular weight excluding hydrogens is 280 g/mol. The van der Waals surface area contributed by atoms with Crippen LogP contribution in [0.25, 0.3) is 0 Å². The first-order chi connectivity index (χ1) is 10.5. The summed E-state index contributed by atoms with van der Waals surface area (Å²) in [6.07, 6.45) is 2.87. The summed E-state index contributed by atoms with van der Waals surface area (Å²) in [5.41, 5.74) is 0. The van der Waals surface area contributed by atoms with Crippen LogP contribution in [0.2, 0.25) is 0 Å². The van der Waals surface area contributed by atoms with Gasteiger partial charge < -0.3 is 15.5 Å². The largest absolute Gasteiger partial charge is 0.353 e. The predicted molar refractivity (Wildman–Crippen MR) is 86.5 cm³/mol. The molecule has 0 radical (unpaired) electrons. The highest BCUT2D eigenvalue weighted by molar-refractivity contribution is 5.78. The van der Waals surface area contributed by atoms with Crippen molar-refractivity contribution in [2.75, 3.05) is 45.8 Å². The summed E-state index contributed by atoms with van der Waals surface area (Å²) < 4.78 is 0. The van der Waals surface area contributed by atoms with Crippen molar-refractivity contribution in [2.45, 2.75) is 39.2 Å². The summed E-state index contributed by atoms with van der Waals surface area (Å²) in [5.74, 6) is 1.02. The van der Waals surface area contributed by atoms with Crippen molar-refractivity contribution in [1.82, 2.24) is 20.4 Å². The lowest BCUT2D eigenvalue weighted by molar-refractivity contribution is -0.133. The molecule has 2 heterocycles. The Morgan fingerprint density at radius 2 is 1.95 bits per heavy atom. The standard InChI is InChI=1S/C16H30N4O2/c1-13(2)18-15(21)12-19-7-9-20(10-8-19)16(22)4-3-14-5-6-17-11-14/h13-14,17H,3-12H2,1-2H3,(H,18,21). The maximum absolute atomic E-state index is 12.2. The second-order valence-corrected chi connectivity index (χ2v) is 6.78. The highest BCUT2D eigenvalue weighted by Crippen LogP contribution is 2.15. The van der Waals surface area contributed by atoms with Crippen LogP contribution in [-0.2, 0) is 9.59 Å². The number of nitrogens with zero attached hydrogens (tertiary/aromatic N) is 2. The van der Waals surface area contributed by atoms with Gasteiger partial charge in [0.2, 0.25) is 11.8 Å². The number of hydrogen-bond donors (Lipinski definition) is 2. The third kappa shape index (κ3) is 5.57. The summed E-state index contributed by atoms with van der Waals surface area (Å²) in [6.45, 7) is 9.61. The van der Waals surface area contributed by atoms with E-state index >= 15 is 0 Å². The van der Waals surface area contributed by atoms with Crippen molar-refractivity contribution in [3.05, 3.63) is 0 Å². The van der Waals surface area contributed by atoms with E-state index in [0.717, 1.165) is 45.7 Å². The van der Waals surface area contributed by atoms with Gasteiger partial charge in [-0.2, -0.15) is 0 Å². The van der Waals surface area contributed by atoms with Gasteiger partial charge in [0.1, 0.15) is 0 Å². The summed E-state index contributed by atoms with van der Waals surface area (Å²) in [5, 5.41) is 6.25. The Labute approximate surface area is 133 Å². The minimum absolute atomic E-state index is 0.0727. The molecule has 0 aromatic heterocycles. The molecule has 0 aromatic rings. The minimum atomic E-state index is 0.0727. The van der Waals surface area contributed by atoms with E-state index in [2.05, 4.69) is 15.5 Å². The molecule has 0 saturated carbocycles. The Morgan fingerprint density at radius 3 is 2.55 bits per heavy atom. The van der Waals surface area contributed by atoms with E-state index in [0.29, 0.717) is 18.9 Å². The van der Waals surface area contributed by atoms with Gasteiger partial charge in [-0.05, 0) is 45.7 Å². The van der Waals surface area contributed by atoms with Gasteiger partial charge in [-0.3, -0.25) is 14.5 Å². The molecule has 6 nitrogen and oxygen atoms in total. The van der Waals surface area contributed by atoms with Crippen molar-refractivity contribution in [2.24, 2.45) is 5.92 Å². The number of piperazine rings is 1. The van der Waals surface area contributed by atoms with Crippen molar-refractivity contribution in [3.8, 4) is 0 Å². The summed E-state index contributed by atoms with van der Waals surface area (Å²) >= 11 is 0. The molecule has 1 unspecified atom stereocenters. The maximum Gasteiger partial charge on any atom is 0.234 e. The number of nitrogens with one attached hydrogen (secondary N) is 2. The molecule has 2 amide bonds. The van der Waals surface area contributed by atoms with Crippen LogP contribution < -0.4 is 10.6 Å². The van der Waals surface area contributed by atoms with Gasteiger partial charge in [0.15, 0.2) is 0 Å². The first-order valence-corrected chi connectivity index (χ1v) is 8.55. The number of carbonyl (C=O) groups excluding carboxylic acids is 2. The van der Waals surface area contributed by atoms with Crippen LogP contribution >= 0.6 is 0 Å². The molecule has 2 rings (SSSR count). The average Bonchev–Trinajstić information content (AvgIpc) is 2.98. The number of amides is 2. The second kappa shape index (κ2) is 8.48. The minimum Gasteiger partial charge on any atom is -0.353 e. The Hall–Kier alpha value is -1.14. The van der Waals surface area contributed by atoms with E-state index < -0.39 is 0 Å². The SMILES string of the molecule is CC(C)NC(=O)CN1CCN(C(=O)CCC2CCNC2)CC1. The molecule has 2 fully saturated rings. The highest BCUT2D eigenvalue weighted by Gasteiger charge is 2.23. The van der Waals surface area contributed by atoms with Crippen molar-refractivity contribution < 1.29 is 9.59 Å². The van der Waals surface area contributed by atoms with E-state index in [4.69, 9.17) is 0 Å². The molecule has 2 N–H and O–H groups in total. The fourth-order valence-corrected chi connectivity index (χ4v) is 3.17. The zero-order valence-corrected chi connectivity index (χ0v) is 13.9. The Morgan fingerprint density at radius 1 is 1.23 bits per heavy atom. The average molecular weight is 310 g/mol. The van der Waals surface area contributed by atoms with Gasteiger partial charge in [-0.1, -0.05) is 0 Å². The molecule has 126 valence electrons. The van der Waals surface area contributed by atoms with Gasteiger partial charge >= 0.3 is 0 Å². The topological polar surface area (TPSA) is 64.7 Å². The third-order valence-electron chi connectivity index (χ3n) is 4.47. The molecule has 6 heteroatoms. The monoisotopic (exact) mass is 310 g/mol. The number of rotatable bonds is 6. The smallest absolute Gasteiger partial charge is 0.234 e. The van der Waals surface area contributed by atoms with E-state index in [1.54, 1.807) is 0 Å². The van der Waals surface area contributed by atoms with E-state index in [9.17, 15) is 9.59 Å². The van der Waals surface area contributed by atoms with Crippen LogP contribution in [-0.4, -0.2) is 73.5 Å². The van der Waals surface area contributed by atoms with Gasteiger partial charge in [0, 0.05) is 38.6 Å². The highest BCUT2D eigenvalue weighted by atomic mass is 16.2. The lowest BCUT2D eigenvalue weighted by Crippen LogP contribution is -2.51. The predicted octanol–water partition coefficient (Wildman–Crippen LogP) is 0.0449. The van der Waals surface area contributed by atoms with Crippen molar-refractivity contribution in [1.29, 1.82) is 0 Å². The quantitative estimate of drug-likeness (QED) is 0.727. The summed E-state index contributed by atoms with van der Waals surface area (Å²) in [6, 6.07) is 0.181. The van der Waals surface area contributed by atoms with Crippen LogP contribution in [0.3, 0.4) is 0 Å². The number of carbonyl (C=O) groups is 2. The second-order valence-electron chi connectivity index (χ2n) is 6.78. The first-order valence-electron chi connectivity index (χ1n) is 8.55. The molecule has 2 aliphatic heterocycles. The first kappa shape index (κ1) is 17.2. The Kier molecular flexibility index (Phi) is 6.64. The van der Waals surface area contributed by atoms with Crippen molar-refractivity contribution >= 4 is 11.8 Å². The molecule has 1 atom stereocenters. The van der Waals surface area contributed by atoms with E-state index in [-0.39, 0.29) is 17.9 Å². The molecule has 2 saturated heterocycles. The molecule has 0 spiro atoms. The lowest BCUT2D eigenvalue weighted by atomic mass is 10.0. The van der Waals surface area contributed by atoms with Gasteiger partial charge in [0.25, 0.3) is 0 Å². The van der Waals surface area contributed by atoms with Crippen LogP contribution in [0.15, 0.2) is 0 Å². The molecule has 0 bridgehead atoms. The van der Waals surface area contributed by atoms with Gasteiger partial charge in [0.05, 0.1) is 6.54 Å². The molecule has 2 aliphatic rings.